The first-order valence-corrected chi connectivity index (χ1v) is 13.1. The van der Waals surface area contributed by atoms with Gasteiger partial charge in [0.05, 0.1) is 12.6 Å². The molecule has 0 aromatic heterocycles. The second kappa shape index (κ2) is 14.7. The van der Waals surface area contributed by atoms with Crippen LogP contribution in [0.3, 0.4) is 0 Å². The first kappa shape index (κ1) is 28.6. The van der Waals surface area contributed by atoms with Gasteiger partial charge in [-0.15, -0.1) is 0 Å². The summed E-state index contributed by atoms with van der Waals surface area (Å²) in [6.07, 6.45) is 3.46. The fourth-order valence-corrected chi connectivity index (χ4v) is 4.16. The van der Waals surface area contributed by atoms with E-state index in [2.05, 4.69) is 19.2 Å². The molecule has 1 unspecified atom stereocenters. The first-order chi connectivity index (χ1) is 16.8. The van der Waals surface area contributed by atoms with Crippen LogP contribution in [0.15, 0.2) is 54.6 Å². The average molecular weight is 481 g/mol. The second-order valence-electron chi connectivity index (χ2n) is 9.93. The highest BCUT2D eigenvalue weighted by atomic mass is 16.5. The molecule has 0 fully saturated rings. The van der Waals surface area contributed by atoms with Crippen molar-refractivity contribution in [3.8, 4) is 5.75 Å². The van der Waals surface area contributed by atoms with Crippen LogP contribution in [0.2, 0.25) is 0 Å². The molecule has 5 atom stereocenters. The van der Waals surface area contributed by atoms with Gasteiger partial charge in [-0.05, 0) is 41.5 Å². The molecule has 5 nitrogen and oxygen atoms in total. The van der Waals surface area contributed by atoms with E-state index in [9.17, 15) is 9.59 Å². The SMILES string of the molecule is CCCC(C)COc1ccc([C@H](CNC(=O)[C@@H](N)[C@@H](C)CC)CC(=O)[C@@H](C)c2ccccc2)cc1. The Morgan fingerprint density at radius 3 is 2.20 bits per heavy atom. The van der Waals surface area contributed by atoms with Gasteiger partial charge in [0.2, 0.25) is 5.91 Å². The number of Topliss-reactive ketones (excluding diaryl/α,β-unsaturated/α-hetero) is 1. The highest BCUT2D eigenvalue weighted by molar-refractivity contribution is 5.86. The summed E-state index contributed by atoms with van der Waals surface area (Å²) in [5, 5.41) is 3.00. The van der Waals surface area contributed by atoms with Crippen LogP contribution in [-0.4, -0.2) is 30.9 Å². The standard InChI is InChI=1S/C30H44N2O3/c1-6-11-21(3)20-35-27-16-14-25(15-17-27)26(19-32-30(34)29(31)22(4)7-2)18-28(33)23(5)24-12-9-8-10-13-24/h8-10,12-17,21-23,26,29H,6-7,11,18-20,31H2,1-5H3,(H,32,34)/t21?,22-,23-,26-,29-/m0/s1. The molecule has 0 aliphatic heterocycles. The Morgan fingerprint density at radius 2 is 1.60 bits per heavy atom. The highest BCUT2D eigenvalue weighted by Gasteiger charge is 2.24. The van der Waals surface area contributed by atoms with E-state index in [0.29, 0.717) is 25.5 Å². The minimum Gasteiger partial charge on any atom is -0.493 e. The molecule has 0 aliphatic carbocycles. The van der Waals surface area contributed by atoms with Crippen molar-refractivity contribution in [1.29, 1.82) is 0 Å². The highest BCUT2D eigenvalue weighted by Crippen LogP contribution is 2.27. The van der Waals surface area contributed by atoms with E-state index in [4.69, 9.17) is 10.5 Å². The molecular formula is C30H44N2O3. The largest absolute Gasteiger partial charge is 0.493 e. The Morgan fingerprint density at radius 1 is 0.943 bits per heavy atom. The number of carbonyl (C=O) groups is 2. The summed E-state index contributed by atoms with van der Waals surface area (Å²) in [7, 11) is 0. The lowest BCUT2D eigenvalue weighted by molar-refractivity contribution is -0.124. The van der Waals surface area contributed by atoms with Crippen molar-refractivity contribution in [1.82, 2.24) is 5.32 Å². The number of benzene rings is 2. The zero-order valence-electron chi connectivity index (χ0n) is 22.1. The van der Waals surface area contributed by atoms with Crippen LogP contribution in [-0.2, 0) is 9.59 Å². The molecule has 0 saturated carbocycles. The molecular weight excluding hydrogens is 436 g/mol. The molecule has 2 aromatic carbocycles. The topological polar surface area (TPSA) is 81.4 Å². The van der Waals surface area contributed by atoms with Crippen LogP contribution >= 0.6 is 0 Å². The van der Waals surface area contributed by atoms with Crippen molar-refractivity contribution in [3.05, 3.63) is 65.7 Å². The quantitative estimate of drug-likeness (QED) is 0.336. The summed E-state index contributed by atoms with van der Waals surface area (Å²) in [4.78, 5) is 25.8. The molecule has 5 heteroatoms. The molecule has 0 spiro atoms. The van der Waals surface area contributed by atoms with Crippen molar-refractivity contribution in [2.45, 2.75) is 78.2 Å². The first-order valence-electron chi connectivity index (χ1n) is 13.1. The number of amides is 1. The third-order valence-electron chi connectivity index (χ3n) is 6.98. The van der Waals surface area contributed by atoms with Gasteiger partial charge in [-0.3, -0.25) is 9.59 Å². The second-order valence-corrected chi connectivity index (χ2v) is 9.93. The Bertz CT molecular complexity index is 898. The van der Waals surface area contributed by atoms with Crippen molar-refractivity contribution in [2.24, 2.45) is 17.6 Å². The summed E-state index contributed by atoms with van der Waals surface area (Å²) < 4.78 is 5.95. The molecule has 35 heavy (non-hydrogen) atoms. The molecule has 0 radical (unpaired) electrons. The number of ether oxygens (including phenoxy) is 1. The molecule has 0 aliphatic rings. The van der Waals surface area contributed by atoms with E-state index in [1.165, 1.54) is 0 Å². The number of carbonyl (C=O) groups excluding carboxylic acids is 2. The minimum atomic E-state index is -0.555. The van der Waals surface area contributed by atoms with Crippen molar-refractivity contribution < 1.29 is 14.3 Å². The number of hydrogen-bond donors (Lipinski definition) is 2. The van der Waals surface area contributed by atoms with Crippen LogP contribution in [0.5, 0.6) is 5.75 Å². The van der Waals surface area contributed by atoms with E-state index in [-0.39, 0.29) is 29.4 Å². The monoisotopic (exact) mass is 480 g/mol. The Hall–Kier alpha value is -2.66. The van der Waals surface area contributed by atoms with Gasteiger partial charge in [-0.25, -0.2) is 0 Å². The number of hydrogen-bond acceptors (Lipinski definition) is 4. The lowest BCUT2D eigenvalue weighted by Gasteiger charge is -2.23. The molecule has 3 N–H and O–H groups in total. The van der Waals surface area contributed by atoms with E-state index in [1.807, 2.05) is 75.4 Å². The molecule has 2 rings (SSSR count). The molecule has 2 aromatic rings. The summed E-state index contributed by atoms with van der Waals surface area (Å²) in [6.45, 7) is 11.4. The molecule has 1 amide bonds. The normalized spacial score (nSPS) is 15.5. The van der Waals surface area contributed by atoms with E-state index >= 15 is 0 Å². The minimum absolute atomic E-state index is 0.0970. The van der Waals surface area contributed by atoms with Crippen molar-refractivity contribution >= 4 is 11.7 Å². The summed E-state index contributed by atoms with van der Waals surface area (Å²) in [6, 6.07) is 17.2. The number of ketones is 1. The third-order valence-corrected chi connectivity index (χ3v) is 6.98. The van der Waals surface area contributed by atoms with Gasteiger partial charge in [-0.2, -0.15) is 0 Å². The van der Waals surface area contributed by atoms with E-state index in [1.54, 1.807) is 0 Å². The van der Waals surface area contributed by atoms with Crippen molar-refractivity contribution in [2.75, 3.05) is 13.2 Å². The van der Waals surface area contributed by atoms with E-state index in [0.717, 1.165) is 36.1 Å². The fraction of sp³-hybridized carbons (Fsp3) is 0.533. The lowest BCUT2D eigenvalue weighted by Crippen LogP contribution is -2.45. The summed E-state index contributed by atoms with van der Waals surface area (Å²) >= 11 is 0. The van der Waals surface area contributed by atoms with Gasteiger partial charge in [-0.1, -0.05) is 89.9 Å². The van der Waals surface area contributed by atoms with Gasteiger partial charge < -0.3 is 15.8 Å². The molecule has 0 saturated heterocycles. The lowest BCUT2D eigenvalue weighted by atomic mass is 9.87. The third kappa shape index (κ3) is 9.14. The molecule has 192 valence electrons. The maximum atomic E-state index is 13.2. The fourth-order valence-electron chi connectivity index (χ4n) is 4.16. The Balaban J connectivity index is 2.13. The van der Waals surface area contributed by atoms with Gasteiger partial charge in [0, 0.05) is 24.8 Å². The number of nitrogens with two attached hydrogens (primary N) is 1. The molecule has 0 heterocycles. The van der Waals surface area contributed by atoms with Crippen LogP contribution in [0, 0.1) is 11.8 Å². The predicted molar refractivity (Wildman–Crippen MR) is 144 cm³/mol. The van der Waals surface area contributed by atoms with Gasteiger partial charge in [0.25, 0.3) is 0 Å². The zero-order valence-corrected chi connectivity index (χ0v) is 22.1. The summed E-state index contributed by atoms with van der Waals surface area (Å²) in [5.41, 5.74) is 8.13. The Kier molecular flexibility index (Phi) is 12.0. The number of nitrogens with one attached hydrogen (secondary N) is 1. The average Bonchev–Trinajstić information content (AvgIpc) is 2.89. The van der Waals surface area contributed by atoms with E-state index < -0.39 is 6.04 Å². The Labute approximate surface area is 211 Å². The van der Waals surface area contributed by atoms with Crippen LogP contribution < -0.4 is 15.8 Å². The maximum absolute atomic E-state index is 13.2. The van der Waals surface area contributed by atoms with Crippen LogP contribution in [0.1, 0.15) is 83.3 Å². The van der Waals surface area contributed by atoms with Gasteiger partial charge in [0.1, 0.15) is 11.5 Å². The molecule has 0 bridgehead atoms. The zero-order chi connectivity index (χ0) is 25.8. The number of rotatable bonds is 15. The van der Waals surface area contributed by atoms with Crippen LogP contribution in [0.25, 0.3) is 0 Å². The maximum Gasteiger partial charge on any atom is 0.237 e. The van der Waals surface area contributed by atoms with Crippen LogP contribution in [0.4, 0.5) is 0 Å². The summed E-state index contributed by atoms with van der Waals surface area (Å²) in [5.74, 6) is 1.05. The van der Waals surface area contributed by atoms with Crippen molar-refractivity contribution in [3.63, 3.8) is 0 Å². The smallest absolute Gasteiger partial charge is 0.237 e. The predicted octanol–water partition coefficient (Wildman–Crippen LogP) is 5.84. The van der Waals surface area contributed by atoms with Gasteiger partial charge >= 0.3 is 0 Å². The van der Waals surface area contributed by atoms with Gasteiger partial charge in [0.15, 0.2) is 0 Å².